The van der Waals surface area contributed by atoms with E-state index >= 15 is 0 Å². The number of hydrogen-bond donors (Lipinski definition) is 4. The van der Waals surface area contributed by atoms with Crippen LogP contribution in [0.2, 0.25) is 0 Å². The molecule has 6 aromatic carbocycles. The predicted molar refractivity (Wildman–Crippen MR) is 156 cm³/mol. The average Bonchev–Trinajstić information content (AvgIpc) is 2.96. The predicted octanol–water partition coefficient (Wildman–Crippen LogP) is 9.33. The monoisotopic (exact) mass is 580 g/mol. The smallest absolute Gasteiger partial charge is 0.125 e. The van der Waals surface area contributed by atoms with Crippen molar-refractivity contribution in [2.75, 3.05) is 0 Å². The van der Waals surface area contributed by atoms with Crippen LogP contribution in [0, 0.1) is 0 Å². The zero-order chi connectivity index (χ0) is 27.9. The molecule has 4 N–H and O–H groups in total. The van der Waals surface area contributed by atoms with Gasteiger partial charge in [0, 0.05) is 52.4 Å². The molecule has 0 bridgehead atoms. The number of fused-ring (bicyclic) bond motifs is 2. The Bertz CT molecular complexity index is 1740. The van der Waals surface area contributed by atoms with Crippen LogP contribution in [0.4, 0.5) is 22.7 Å². The largest absolute Gasteiger partial charge is 0.508 e. The average molecular weight is 581 g/mol. The van der Waals surface area contributed by atoms with E-state index < -0.39 is 0 Å². The van der Waals surface area contributed by atoms with Crippen LogP contribution in [-0.2, 0) is 17.4 Å². The van der Waals surface area contributed by atoms with Gasteiger partial charge in [-0.1, -0.05) is 60.7 Å². The van der Waals surface area contributed by atoms with Gasteiger partial charge in [0.15, 0.2) is 0 Å². The molecule has 0 aliphatic carbocycles. The van der Waals surface area contributed by atoms with E-state index in [0.29, 0.717) is 22.7 Å². The molecule has 0 amide bonds. The van der Waals surface area contributed by atoms with Crippen LogP contribution in [0.5, 0.6) is 23.0 Å². The topological polar surface area (TPSA) is 130 Å². The van der Waals surface area contributed by atoms with Gasteiger partial charge in [0.2, 0.25) is 0 Å². The Labute approximate surface area is 246 Å². The number of rotatable bonds is 4. The van der Waals surface area contributed by atoms with Gasteiger partial charge in [0.25, 0.3) is 0 Å². The molecular weight excluding hydrogens is 556 g/mol. The van der Waals surface area contributed by atoms with Gasteiger partial charge in [-0.2, -0.15) is 20.5 Å². The van der Waals surface area contributed by atoms with E-state index in [1.54, 1.807) is 48.5 Å². The molecule has 202 valence electrons. The summed E-state index contributed by atoms with van der Waals surface area (Å²) in [5, 5.41) is 58.2. The summed E-state index contributed by atoms with van der Waals surface area (Å²) in [4.78, 5) is 0. The van der Waals surface area contributed by atoms with E-state index in [-0.39, 0.29) is 40.4 Å². The molecule has 0 saturated heterocycles. The number of phenolic OH excluding ortho intramolecular Hbond substituents is 4. The van der Waals surface area contributed by atoms with E-state index in [2.05, 4.69) is 20.5 Å². The minimum Gasteiger partial charge on any atom is -0.508 e. The molecule has 6 aromatic rings. The zero-order valence-electron chi connectivity index (χ0n) is 21.5. The van der Waals surface area contributed by atoms with Crippen LogP contribution in [0.1, 0.15) is 0 Å². The maximum Gasteiger partial charge on any atom is 0.125 e. The van der Waals surface area contributed by atoms with Crippen molar-refractivity contribution in [2.45, 2.75) is 0 Å². The summed E-state index contributed by atoms with van der Waals surface area (Å²) in [6.07, 6.45) is 0. The number of phenols is 4. The minimum atomic E-state index is 0. The Balaban J connectivity index is 0.000000184. The van der Waals surface area contributed by atoms with Crippen molar-refractivity contribution in [1.82, 2.24) is 0 Å². The van der Waals surface area contributed by atoms with Crippen LogP contribution in [-0.4, -0.2) is 20.4 Å². The first-order valence-corrected chi connectivity index (χ1v) is 12.3. The fraction of sp³-hybridized carbons (Fsp3) is 0. The van der Waals surface area contributed by atoms with Crippen LogP contribution >= 0.6 is 0 Å². The SMILES string of the molecule is Oc1cccc(N=Nc2cc(O)c3ccccc3c2)c1.Oc1cccc(N=Nc2cc(O)c3ccccc3c2)c1.[Cr]. The molecule has 9 heteroatoms. The summed E-state index contributed by atoms with van der Waals surface area (Å²) in [5.74, 6) is 0.631. The Hall–Kier alpha value is -5.23. The molecule has 0 saturated carbocycles. The molecule has 0 fully saturated rings. The maximum absolute atomic E-state index is 9.95. The van der Waals surface area contributed by atoms with E-state index in [1.807, 2.05) is 60.7 Å². The third-order valence-corrected chi connectivity index (χ3v) is 5.87. The molecule has 0 aliphatic heterocycles. The fourth-order valence-electron chi connectivity index (χ4n) is 4.01. The van der Waals surface area contributed by atoms with Gasteiger partial charge < -0.3 is 20.4 Å². The summed E-state index contributed by atoms with van der Waals surface area (Å²) >= 11 is 0. The van der Waals surface area contributed by atoms with Gasteiger partial charge in [-0.05, 0) is 47.2 Å². The number of azo groups is 2. The third-order valence-electron chi connectivity index (χ3n) is 5.87. The van der Waals surface area contributed by atoms with Gasteiger partial charge in [0.1, 0.15) is 23.0 Å². The molecule has 0 aliphatic rings. The molecule has 0 heterocycles. The Morgan fingerprint density at radius 2 is 0.756 bits per heavy atom. The molecule has 0 spiro atoms. The third kappa shape index (κ3) is 7.46. The number of benzene rings is 6. The van der Waals surface area contributed by atoms with E-state index in [4.69, 9.17) is 0 Å². The molecule has 41 heavy (non-hydrogen) atoms. The second-order valence-corrected chi connectivity index (χ2v) is 8.81. The van der Waals surface area contributed by atoms with Crippen molar-refractivity contribution in [3.63, 3.8) is 0 Å². The van der Waals surface area contributed by atoms with E-state index in [1.165, 1.54) is 12.1 Å². The zero-order valence-corrected chi connectivity index (χ0v) is 22.8. The van der Waals surface area contributed by atoms with Crippen LogP contribution < -0.4 is 0 Å². The summed E-state index contributed by atoms with van der Waals surface area (Å²) < 4.78 is 0. The van der Waals surface area contributed by atoms with Gasteiger partial charge in [-0.25, -0.2) is 0 Å². The molecule has 0 unspecified atom stereocenters. The van der Waals surface area contributed by atoms with Gasteiger partial charge in [-0.15, -0.1) is 0 Å². The molecule has 6 rings (SSSR count). The number of hydrogen-bond acceptors (Lipinski definition) is 8. The molecule has 8 nitrogen and oxygen atoms in total. The van der Waals surface area contributed by atoms with Crippen molar-refractivity contribution < 1.29 is 37.8 Å². The number of aromatic hydroxyl groups is 4. The van der Waals surface area contributed by atoms with Crippen molar-refractivity contribution in [3.8, 4) is 23.0 Å². The Kier molecular flexibility index (Phi) is 9.28. The minimum absolute atomic E-state index is 0. The van der Waals surface area contributed by atoms with Crippen LogP contribution in [0.3, 0.4) is 0 Å². The maximum atomic E-state index is 9.95. The second kappa shape index (κ2) is 13.2. The molecule has 0 radical (unpaired) electrons. The van der Waals surface area contributed by atoms with Crippen molar-refractivity contribution >= 4 is 44.3 Å². The van der Waals surface area contributed by atoms with Crippen molar-refractivity contribution in [1.29, 1.82) is 0 Å². The van der Waals surface area contributed by atoms with Crippen molar-refractivity contribution in [2.24, 2.45) is 20.5 Å². The first-order chi connectivity index (χ1) is 19.4. The fourth-order valence-corrected chi connectivity index (χ4v) is 4.01. The summed E-state index contributed by atoms with van der Waals surface area (Å²) in [5.41, 5.74) is 2.23. The Morgan fingerprint density at radius 1 is 0.366 bits per heavy atom. The van der Waals surface area contributed by atoms with Crippen LogP contribution in [0.15, 0.2) is 142 Å². The quantitative estimate of drug-likeness (QED) is 0.155. The second-order valence-electron chi connectivity index (χ2n) is 8.81. The van der Waals surface area contributed by atoms with E-state index in [0.717, 1.165) is 21.5 Å². The first kappa shape index (κ1) is 28.8. The molecule has 0 aromatic heterocycles. The summed E-state index contributed by atoms with van der Waals surface area (Å²) in [7, 11) is 0. The summed E-state index contributed by atoms with van der Waals surface area (Å²) in [6, 6.07) is 34.9. The first-order valence-electron chi connectivity index (χ1n) is 12.3. The summed E-state index contributed by atoms with van der Waals surface area (Å²) in [6.45, 7) is 0. The normalized spacial score (nSPS) is 10.9. The molecular formula is C32H24CrN4O4. The molecule has 0 atom stereocenters. The van der Waals surface area contributed by atoms with Crippen molar-refractivity contribution in [3.05, 3.63) is 121 Å². The van der Waals surface area contributed by atoms with E-state index in [9.17, 15) is 20.4 Å². The van der Waals surface area contributed by atoms with Gasteiger partial charge in [-0.3, -0.25) is 0 Å². The van der Waals surface area contributed by atoms with Gasteiger partial charge >= 0.3 is 0 Å². The number of nitrogens with zero attached hydrogens (tertiary/aromatic N) is 4. The van der Waals surface area contributed by atoms with Crippen LogP contribution in [0.25, 0.3) is 21.5 Å². The standard InChI is InChI=1S/2C16H12N2O2.Cr/c2*19-14-6-3-5-12(9-14)17-18-13-8-11-4-1-2-7-15(11)16(20)10-13;/h2*1-10,19-20H;. The Morgan fingerprint density at radius 3 is 1.17 bits per heavy atom. The van der Waals surface area contributed by atoms with Gasteiger partial charge in [0.05, 0.1) is 22.7 Å².